The number of nitrogens with two attached hydrogens (primary N) is 1. The van der Waals surface area contributed by atoms with E-state index in [1.165, 1.54) is 6.07 Å². The van der Waals surface area contributed by atoms with Crippen LogP contribution in [-0.4, -0.2) is 18.9 Å². The molecule has 98 valence electrons. The molecular formula is C12H14F3N3. The number of nitrogens with one attached hydrogen (secondary N) is 1. The SMILES string of the molecule is CN(c1ccc(C(F)(F)F)cc1C(=N)N)C1CC1. The summed E-state index contributed by atoms with van der Waals surface area (Å²) in [5, 5.41) is 7.42. The molecule has 0 spiro atoms. The van der Waals surface area contributed by atoms with Crippen LogP contribution in [0.4, 0.5) is 18.9 Å². The minimum Gasteiger partial charge on any atom is -0.384 e. The first kappa shape index (κ1) is 12.7. The first-order valence-electron chi connectivity index (χ1n) is 5.59. The van der Waals surface area contributed by atoms with Crippen molar-refractivity contribution in [2.24, 2.45) is 5.73 Å². The van der Waals surface area contributed by atoms with E-state index in [0.29, 0.717) is 11.7 Å². The number of rotatable bonds is 3. The highest BCUT2D eigenvalue weighted by molar-refractivity contribution is 6.00. The minimum absolute atomic E-state index is 0.138. The minimum atomic E-state index is -4.42. The van der Waals surface area contributed by atoms with Crippen molar-refractivity contribution in [1.82, 2.24) is 0 Å². The van der Waals surface area contributed by atoms with Crippen molar-refractivity contribution < 1.29 is 13.2 Å². The number of hydrogen-bond acceptors (Lipinski definition) is 2. The highest BCUT2D eigenvalue weighted by Crippen LogP contribution is 2.36. The Labute approximate surface area is 103 Å². The van der Waals surface area contributed by atoms with E-state index in [-0.39, 0.29) is 11.4 Å². The lowest BCUT2D eigenvalue weighted by atomic mass is 10.1. The van der Waals surface area contributed by atoms with Crippen LogP contribution < -0.4 is 10.6 Å². The third-order valence-corrected chi connectivity index (χ3v) is 3.09. The van der Waals surface area contributed by atoms with Crippen LogP contribution in [0.3, 0.4) is 0 Å². The lowest BCUT2D eigenvalue weighted by molar-refractivity contribution is -0.137. The maximum absolute atomic E-state index is 12.6. The molecule has 1 saturated carbocycles. The molecule has 1 fully saturated rings. The molecule has 0 unspecified atom stereocenters. The van der Waals surface area contributed by atoms with Crippen LogP contribution in [0.15, 0.2) is 18.2 Å². The molecule has 1 aliphatic carbocycles. The van der Waals surface area contributed by atoms with Gasteiger partial charge in [0.25, 0.3) is 0 Å². The highest BCUT2D eigenvalue weighted by atomic mass is 19.4. The Morgan fingerprint density at radius 2 is 2.00 bits per heavy atom. The molecule has 18 heavy (non-hydrogen) atoms. The molecule has 3 N–H and O–H groups in total. The molecule has 2 rings (SSSR count). The second kappa shape index (κ2) is 4.19. The normalized spacial score (nSPS) is 15.6. The zero-order valence-corrected chi connectivity index (χ0v) is 9.88. The number of nitrogen functional groups attached to an aromatic ring is 1. The quantitative estimate of drug-likeness (QED) is 0.646. The summed E-state index contributed by atoms with van der Waals surface area (Å²) in [6, 6.07) is 3.70. The van der Waals surface area contributed by atoms with Gasteiger partial charge in [-0.1, -0.05) is 0 Å². The van der Waals surface area contributed by atoms with Crippen molar-refractivity contribution in [2.45, 2.75) is 25.1 Å². The van der Waals surface area contributed by atoms with Gasteiger partial charge in [0, 0.05) is 24.3 Å². The predicted octanol–water partition coefficient (Wildman–Crippen LogP) is 2.59. The van der Waals surface area contributed by atoms with Crippen LogP contribution in [0.5, 0.6) is 0 Å². The molecule has 0 aliphatic heterocycles. The number of nitrogens with zero attached hydrogens (tertiary/aromatic N) is 1. The Bertz CT molecular complexity index is 478. The van der Waals surface area contributed by atoms with Gasteiger partial charge in [0.2, 0.25) is 0 Å². The zero-order chi connectivity index (χ0) is 13.5. The number of anilines is 1. The lowest BCUT2D eigenvalue weighted by Crippen LogP contribution is -2.24. The summed E-state index contributed by atoms with van der Waals surface area (Å²) in [6.45, 7) is 0. The number of halogens is 3. The van der Waals surface area contributed by atoms with Crippen molar-refractivity contribution in [3.63, 3.8) is 0 Å². The maximum atomic E-state index is 12.6. The molecule has 1 aromatic rings. The monoisotopic (exact) mass is 257 g/mol. The highest BCUT2D eigenvalue weighted by Gasteiger charge is 2.33. The van der Waals surface area contributed by atoms with Crippen molar-refractivity contribution in [3.05, 3.63) is 29.3 Å². The lowest BCUT2D eigenvalue weighted by Gasteiger charge is -2.22. The van der Waals surface area contributed by atoms with Gasteiger partial charge in [0.05, 0.1) is 5.56 Å². The van der Waals surface area contributed by atoms with Crippen molar-refractivity contribution in [1.29, 1.82) is 5.41 Å². The van der Waals surface area contributed by atoms with E-state index in [2.05, 4.69) is 0 Å². The van der Waals surface area contributed by atoms with Gasteiger partial charge in [-0.15, -0.1) is 0 Å². The Kier molecular flexibility index (Phi) is 2.96. The topological polar surface area (TPSA) is 53.1 Å². The molecule has 0 saturated heterocycles. The first-order valence-corrected chi connectivity index (χ1v) is 5.59. The Morgan fingerprint density at radius 3 is 2.44 bits per heavy atom. The van der Waals surface area contributed by atoms with Gasteiger partial charge >= 0.3 is 6.18 Å². The predicted molar refractivity (Wildman–Crippen MR) is 63.9 cm³/mol. The number of amidine groups is 1. The zero-order valence-electron chi connectivity index (χ0n) is 9.88. The van der Waals surface area contributed by atoms with Gasteiger partial charge < -0.3 is 10.6 Å². The van der Waals surface area contributed by atoms with Crippen LogP contribution in [0.2, 0.25) is 0 Å². The number of alkyl halides is 3. The van der Waals surface area contributed by atoms with E-state index in [1.807, 2.05) is 11.9 Å². The van der Waals surface area contributed by atoms with Crippen LogP contribution >= 0.6 is 0 Å². The average Bonchev–Trinajstić information content (AvgIpc) is 3.09. The van der Waals surface area contributed by atoms with E-state index < -0.39 is 11.7 Å². The van der Waals surface area contributed by atoms with Crippen LogP contribution in [0, 0.1) is 5.41 Å². The second-order valence-corrected chi connectivity index (χ2v) is 4.49. The molecule has 0 bridgehead atoms. The van der Waals surface area contributed by atoms with Gasteiger partial charge in [-0.3, -0.25) is 5.41 Å². The Balaban J connectivity index is 2.44. The molecular weight excluding hydrogens is 243 g/mol. The third kappa shape index (κ3) is 2.42. The molecule has 0 heterocycles. The van der Waals surface area contributed by atoms with Gasteiger partial charge in [0.1, 0.15) is 5.84 Å². The summed E-state index contributed by atoms with van der Waals surface area (Å²) >= 11 is 0. The summed E-state index contributed by atoms with van der Waals surface area (Å²) in [5.41, 5.74) is 5.32. The molecule has 0 atom stereocenters. The molecule has 1 aliphatic rings. The fourth-order valence-electron chi connectivity index (χ4n) is 1.89. The fourth-order valence-corrected chi connectivity index (χ4v) is 1.89. The van der Waals surface area contributed by atoms with Crippen LogP contribution in [-0.2, 0) is 6.18 Å². The molecule has 0 aromatic heterocycles. The van der Waals surface area contributed by atoms with E-state index >= 15 is 0 Å². The smallest absolute Gasteiger partial charge is 0.384 e. The summed E-state index contributed by atoms with van der Waals surface area (Å²) in [4.78, 5) is 1.89. The third-order valence-electron chi connectivity index (χ3n) is 3.09. The molecule has 0 radical (unpaired) electrons. The van der Waals surface area contributed by atoms with Gasteiger partial charge in [-0.05, 0) is 31.0 Å². The second-order valence-electron chi connectivity index (χ2n) is 4.49. The standard InChI is InChI=1S/C12H14F3N3/c1-18(8-3-4-8)10-5-2-7(12(13,14)15)6-9(10)11(16)17/h2,5-6,8H,3-4H2,1H3,(H3,16,17). The van der Waals surface area contributed by atoms with E-state index in [4.69, 9.17) is 11.1 Å². The molecule has 3 nitrogen and oxygen atoms in total. The van der Waals surface area contributed by atoms with E-state index in [9.17, 15) is 13.2 Å². The number of benzene rings is 1. The summed E-state index contributed by atoms with van der Waals surface area (Å²) in [7, 11) is 1.81. The average molecular weight is 257 g/mol. The Morgan fingerprint density at radius 1 is 1.39 bits per heavy atom. The number of hydrogen-bond donors (Lipinski definition) is 2. The molecule has 0 amide bonds. The van der Waals surface area contributed by atoms with E-state index in [1.54, 1.807) is 0 Å². The molecule has 6 heteroatoms. The summed E-state index contributed by atoms with van der Waals surface area (Å²) < 4.78 is 37.8. The molecule has 1 aromatic carbocycles. The summed E-state index contributed by atoms with van der Waals surface area (Å²) in [5.74, 6) is -0.344. The van der Waals surface area contributed by atoms with Gasteiger partial charge in [0.15, 0.2) is 0 Å². The van der Waals surface area contributed by atoms with Crippen molar-refractivity contribution >= 4 is 11.5 Å². The van der Waals surface area contributed by atoms with Gasteiger partial charge in [-0.2, -0.15) is 13.2 Å². The maximum Gasteiger partial charge on any atom is 0.416 e. The van der Waals surface area contributed by atoms with Gasteiger partial charge in [-0.25, -0.2) is 0 Å². The first-order chi connectivity index (χ1) is 8.30. The summed E-state index contributed by atoms with van der Waals surface area (Å²) in [6.07, 6.45) is -2.37. The van der Waals surface area contributed by atoms with Crippen molar-refractivity contribution in [3.8, 4) is 0 Å². The van der Waals surface area contributed by atoms with Crippen LogP contribution in [0.1, 0.15) is 24.0 Å². The van der Waals surface area contributed by atoms with Crippen molar-refractivity contribution in [2.75, 3.05) is 11.9 Å². The largest absolute Gasteiger partial charge is 0.416 e. The fraction of sp³-hybridized carbons (Fsp3) is 0.417. The van der Waals surface area contributed by atoms with Crippen LogP contribution in [0.25, 0.3) is 0 Å². The Hall–Kier alpha value is -1.72. The van der Waals surface area contributed by atoms with E-state index in [0.717, 1.165) is 25.0 Å².